The summed E-state index contributed by atoms with van der Waals surface area (Å²) in [5.41, 5.74) is 0.566. The van der Waals surface area contributed by atoms with Crippen LogP contribution in [0, 0.1) is 0 Å². The maximum atomic E-state index is 12.6. The van der Waals surface area contributed by atoms with Crippen LogP contribution >= 0.6 is 34.9 Å². The van der Waals surface area contributed by atoms with Gasteiger partial charge in [0.05, 0.1) is 6.20 Å². The number of nitrogens with one attached hydrogen (secondary N) is 2. The normalized spacial score (nSPS) is 21.8. The summed E-state index contributed by atoms with van der Waals surface area (Å²) < 4.78 is 12.2. The highest BCUT2D eigenvalue weighted by molar-refractivity contribution is 8.01. The van der Waals surface area contributed by atoms with Crippen molar-refractivity contribution in [3.8, 4) is 0 Å². The average Bonchev–Trinajstić information content (AvgIpc) is 3.43. The van der Waals surface area contributed by atoms with Gasteiger partial charge in [-0.15, -0.1) is 40.0 Å². The second kappa shape index (κ2) is 9.01. The lowest BCUT2D eigenvalue weighted by Crippen LogP contribution is -2.70. The number of aromatic nitrogens is 3. The number of thioether (sulfide) groups is 2. The molecule has 3 N–H and O–H groups in total. The molecule has 158 valence electrons. The molecular weight excluding hydrogens is 470 g/mol. The van der Waals surface area contributed by atoms with Crippen LogP contribution in [-0.2, 0) is 25.6 Å². The summed E-state index contributed by atoms with van der Waals surface area (Å²) in [7, 11) is 0. The molecule has 2 aromatic rings. The van der Waals surface area contributed by atoms with E-state index in [0.29, 0.717) is 27.0 Å². The smallest absolute Gasteiger partial charge is 0.352 e. The van der Waals surface area contributed by atoms with Crippen LogP contribution in [-0.4, -0.2) is 76.4 Å². The number of β-lactam (4-membered cyclic amide) rings is 1. The van der Waals surface area contributed by atoms with Crippen LogP contribution in [0.4, 0.5) is 0 Å². The first-order valence-electron chi connectivity index (χ1n) is 8.54. The van der Waals surface area contributed by atoms with Crippen LogP contribution in [0.1, 0.15) is 0 Å². The molecule has 2 unspecified atom stereocenters. The fourth-order valence-corrected chi connectivity index (χ4v) is 7.19. The number of carboxylic acid groups (broad SMARTS) is 1. The number of fused-ring (bicyclic) bond motifs is 1. The molecule has 0 aliphatic carbocycles. The third-order valence-electron chi connectivity index (χ3n) is 4.38. The van der Waals surface area contributed by atoms with E-state index in [4.69, 9.17) is 0 Å². The fraction of sp³-hybridized carbons (Fsp3) is 0.312. The van der Waals surface area contributed by atoms with Crippen molar-refractivity contribution in [1.29, 1.82) is 0 Å². The van der Waals surface area contributed by atoms with Gasteiger partial charge in [0.25, 0.3) is 11.8 Å². The van der Waals surface area contributed by atoms with Crippen LogP contribution in [0.25, 0.3) is 0 Å². The maximum Gasteiger partial charge on any atom is 0.352 e. The molecule has 4 rings (SSSR count). The topological polar surface area (TPSA) is 151 Å². The standard InChI is InChI=1S/C16H15N5O5S4/c22-10(7-30(26)9-1-2-27-6-9)18-12-14(23)21-13(16(24)25)8(5-29-15(12)21)4-28-11-3-17-20-19-11/h1-3,6,12,15H,4-5,7H2,(H,18,22)(H,24,25)(H,17,19,20)/t12?,15-,30?/m0/s1. The van der Waals surface area contributed by atoms with Crippen LogP contribution < -0.4 is 5.32 Å². The number of H-pyrrole nitrogens is 1. The van der Waals surface area contributed by atoms with Crippen molar-refractivity contribution in [3.63, 3.8) is 0 Å². The van der Waals surface area contributed by atoms with Crippen molar-refractivity contribution >= 4 is 63.8 Å². The van der Waals surface area contributed by atoms with Gasteiger partial charge in [-0.2, -0.15) is 0 Å². The molecule has 0 radical (unpaired) electrons. The molecule has 2 aromatic heterocycles. The van der Waals surface area contributed by atoms with Gasteiger partial charge in [0, 0.05) is 23.0 Å². The van der Waals surface area contributed by atoms with Crippen molar-refractivity contribution in [1.82, 2.24) is 25.6 Å². The minimum Gasteiger partial charge on any atom is -0.611 e. The van der Waals surface area contributed by atoms with E-state index in [2.05, 4.69) is 20.7 Å². The molecule has 1 fully saturated rings. The molecule has 0 bridgehead atoms. The van der Waals surface area contributed by atoms with Gasteiger partial charge in [0.1, 0.15) is 22.1 Å². The molecule has 0 aromatic carbocycles. The minimum atomic E-state index is -1.49. The number of carbonyl (C=O) groups is 3. The highest BCUT2D eigenvalue weighted by Gasteiger charge is 2.54. The van der Waals surface area contributed by atoms with E-state index in [1.165, 1.54) is 46.0 Å². The lowest BCUT2D eigenvalue weighted by molar-refractivity contribution is -0.150. The number of thiophene rings is 1. The van der Waals surface area contributed by atoms with Crippen molar-refractivity contribution < 1.29 is 24.0 Å². The number of carbonyl (C=O) groups excluding carboxylic acids is 2. The number of amides is 2. The van der Waals surface area contributed by atoms with Gasteiger partial charge in [-0.1, -0.05) is 5.21 Å². The van der Waals surface area contributed by atoms with Gasteiger partial charge in [-0.3, -0.25) is 19.6 Å². The van der Waals surface area contributed by atoms with Crippen molar-refractivity contribution in [2.24, 2.45) is 0 Å². The number of rotatable bonds is 8. The monoisotopic (exact) mass is 485 g/mol. The lowest BCUT2D eigenvalue weighted by Gasteiger charge is -2.49. The lowest BCUT2D eigenvalue weighted by atomic mass is 10.0. The van der Waals surface area contributed by atoms with E-state index in [-0.39, 0.29) is 11.4 Å². The summed E-state index contributed by atoms with van der Waals surface area (Å²) >= 11 is 2.63. The molecular formula is C16H15N5O5S4. The summed E-state index contributed by atoms with van der Waals surface area (Å²) in [5, 5.41) is 25.9. The molecule has 1 saturated heterocycles. The SMILES string of the molecule is O=C(C[S+]([O-])c1ccsc1)NC1C(=O)N2C(C(=O)O)=C(CSc3cnn[nH]3)CS[C@@H]12. The largest absolute Gasteiger partial charge is 0.611 e. The van der Waals surface area contributed by atoms with E-state index < -0.39 is 40.4 Å². The Hall–Kier alpha value is -2.00. The van der Waals surface area contributed by atoms with Gasteiger partial charge in [0.15, 0.2) is 10.6 Å². The summed E-state index contributed by atoms with van der Waals surface area (Å²) in [6, 6.07) is 0.853. The van der Waals surface area contributed by atoms with E-state index in [1.54, 1.807) is 16.8 Å². The molecule has 30 heavy (non-hydrogen) atoms. The highest BCUT2D eigenvalue weighted by atomic mass is 32.2. The van der Waals surface area contributed by atoms with Gasteiger partial charge >= 0.3 is 5.97 Å². The number of aliphatic carboxylic acids is 1. The second-order valence-corrected chi connectivity index (χ2v) is 10.6. The summed E-state index contributed by atoms with van der Waals surface area (Å²) in [6.07, 6.45) is 1.53. The first-order chi connectivity index (χ1) is 14.5. The Morgan fingerprint density at radius 3 is 3.00 bits per heavy atom. The summed E-state index contributed by atoms with van der Waals surface area (Å²) in [6.45, 7) is 0. The molecule has 3 atom stereocenters. The Morgan fingerprint density at radius 1 is 1.50 bits per heavy atom. The number of hydrogen-bond donors (Lipinski definition) is 3. The van der Waals surface area contributed by atoms with E-state index in [0.717, 1.165) is 0 Å². The fourth-order valence-electron chi connectivity index (χ4n) is 3.02. The molecule has 0 saturated carbocycles. The Bertz CT molecular complexity index is 980. The molecule has 10 nitrogen and oxygen atoms in total. The molecule has 2 amide bonds. The van der Waals surface area contributed by atoms with E-state index in [9.17, 15) is 24.0 Å². The van der Waals surface area contributed by atoms with E-state index >= 15 is 0 Å². The van der Waals surface area contributed by atoms with Crippen LogP contribution in [0.5, 0.6) is 0 Å². The summed E-state index contributed by atoms with van der Waals surface area (Å²) in [4.78, 5) is 38.5. The zero-order chi connectivity index (χ0) is 21.3. The summed E-state index contributed by atoms with van der Waals surface area (Å²) in [5.74, 6) is -1.64. The minimum absolute atomic E-state index is 0.0453. The predicted octanol–water partition coefficient (Wildman–Crippen LogP) is 0.505. The molecule has 4 heterocycles. The first kappa shape index (κ1) is 21.2. The number of aromatic amines is 1. The van der Waals surface area contributed by atoms with Gasteiger partial charge in [-0.25, -0.2) is 4.79 Å². The molecule has 2 aliphatic heterocycles. The van der Waals surface area contributed by atoms with Crippen molar-refractivity contribution in [2.75, 3.05) is 17.3 Å². The quantitative estimate of drug-likeness (QED) is 0.276. The van der Waals surface area contributed by atoms with Crippen molar-refractivity contribution in [3.05, 3.63) is 34.3 Å². The van der Waals surface area contributed by atoms with Crippen LogP contribution in [0.3, 0.4) is 0 Å². The van der Waals surface area contributed by atoms with E-state index in [1.807, 2.05) is 0 Å². The third kappa shape index (κ3) is 4.23. The maximum absolute atomic E-state index is 12.6. The third-order valence-corrected chi connectivity index (χ3v) is 8.86. The molecule has 0 spiro atoms. The van der Waals surface area contributed by atoms with Crippen molar-refractivity contribution in [2.45, 2.75) is 21.3 Å². The average molecular weight is 486 g/mol. The predicted molar refractivity (Wildman–Crippen MR) is 112 cm³/mol. The Labute approximate surface area is 186 Å². The van der Waals surface area contributed by atoms with Crippen LogP contribution in [0.15, 0.2) is 44.2 Å². The molecule has 2 aliphatic rings. The van der Waals surface area contributed by atoms with Gasteiger partial charge in [0.2, 0.25) is 0 Å². The van der Waals surface area contributed by atoms with Gasteiger partial charge < -0.3 is 15.0 Å². The Morgan fingerprint density at radius 2 is 2.33 bits per heavy atom. The molecule has 14 heteroatoms. The second-order valence-electron chi connectivity index (χ2n) is 6.27. The van der Waals surface area contributed by atoms with Gasteiger partial charge in [-0.05, 0) is 22.1 Å². The van der Waals surface area contributed by atoms with Crippen LogP contribution in [0.2, 0.25) is 0 Å². The number of hydrogen-bond acceptors (Lipinski definition) is 9. The number of carboxylic acids is 1. The first-order valence-corrected chi connectivity index (χ1v) is 12.8. The zero-order valence-corrected chi connectivity index (χ0v) is 18.4. The Kier molecular flexibility index (Phi) is 6.38. The zero-order valence-electron chi connectivity index (χ0n) is 15.1. The Balaban J connectivity index is 1.40. The highest BCUT2D eigenvalue weighted by Crippen LogP contribution is 2.41. The number of nitrogens with zero attached hydrogens (tertiary/aromatic N) is 3.